The van der Waals surface area contributed by atoms with Crippen LogP contribution in [0.1, 0.15) is 16.7 Å². The second kappa shape index (κ2) is 8.28. The van der Waals surface area contributed by atoms with Crippen molar-refractivity contribution in [1.29, 1.82) is 0 Å². The van der Waals surface area contributed by atoms with Crippen molar-refractivity contribution in [2.24, 2.45) is 0 Å². The standard InChI is InChI=1S/C21H19Cl2NO/c1-15-6-9-18(22)12-21(15)24-13-16-7-10-19(11-8-16)25-14-17-4-2-3-5-20(17)23/h2-12,24H,13-14H2,1H3. The molecule has 0 saturated carbocycles. The molecule has 2 nitrogen and oxygen atoms in total. The average Bonchev–Trinajstić information content (AvgIpc) is 2.63. The first-order chi connectivity index (χ1) is 12.1. The van der Waals surface area contributed by atoms with E-state index < -0.39 is 0 Å². The molecule has 1 N–H and O–H groups in total. The van der Waals surface area contributed by atoms with Gasteiger partial charge in [0.05, 0.1) is 0 Å². The van der Waals surface area contributed by atoms with Gasteiger partial charge in [-0.1, -0.05) is 59.6 Å². The highest BCUT2D eigenvalue weighted by atomic mass is 35.5. The quantitative estimate of drug-likeness (QED) is 0.534. The minimum absolute atomic E-state index is 0.457. The molecule has 0 aromatic heterocycles. The van der Waals surface area contributed by atoms with Crippen LogP contribution in [0.2, 0.25) is 10.0 Å². The number of aryl methyl sites for hydroxylation is 1. The van der Waals surface area contributed by atoms with Gasteiger partial charge in [0.2, 0.25) is 0 Å². The van der Waals surface area contributed by atoms with Crippen LogP contribution in [-0.4, -0.2) is 0 Å². The van der Waals surface area contributed by atoms with Gasteiger partial charge in [0.15, 0.2) is 0 Å². The topological polar surface area (TPSA) is 21.3 Å². The van der Waals surface area contributed by atoms with Crippen LogP contribution in [0.4, 0.5) is 5.69 Å². The summed E-state index contributed by atoms with van der Waals surface area (Å²) in [6.07, 6.45) is 0. The number of rotatable bonds is 6. The van der Waals surface area contributed by atoms with E-state index in [9.17, 15) is 0 Å². The molecule has 3 rings (SSSR count). The largest absolute Gasteiger partial charge is 0.489 e. The summed E-state index contributed by atoms with van der Waals surface area (Å²) in [5.74, 6) is 0.822. The first-order valence-electron chi connectivity index (χ1n) is 8.07. The third-order valence-electron chi connectivity index (χ3n) is 3.96. The Morgan fingerprint density at radius 3 is 2.44 bits per heavy atom. The van der Waals surface area contributed by atoms with Gasteiger partial charge in [0.1, 0.15) is 12.4 Å². The number of hydrogen-bond acceptors (Lipinski definition) is 2. The highest BCUT2D eigenvalue weighted by Crippen LogP contribution is 2.22. The number of nitrogens with one attached hydrogen (secondary N) is 1. The summed E-state index contributed by atoms with van der Waals surface area (Å²) in [7, 11) is 0. The summed E-state index contributed by atoms with van der Waals surface area (Å²) in [6, 6.07) is 21.6. The van der Waals surface area contributed by atoms with Gasteiger partial charge in [0.25, 0.3) is 0 Å². The zero-order valence-corrected chi connectivity index (χ0v) is 15.4. The first kappa shape index (κ1) is 17.7. The van der Waals surface area contributed by atoms with Crippen LogP contribution >= 0.6 is 23.2 Å². The van der Waals surface area contributed by atoms with Crippen LogP contribution in [0, 0.1) is 6.92 Å². The zero-order valence-electron chi connectivity index (χ0n) is 13.9. The molecule has 0 bridgehead atoms. The maximum absolute atomic E-state index is 6.14. The van der Waals surface area contributed by atoms with Gasteiger partial charge in [0, 0.05) is 27.8 Å². The second-order valence-electron chi connectivity index (χ2n) is 5.84. The minimum atomic E-state index is 0.457. The molecule has 0 heterocycles. The lowest BCUT2D eigenvalue weighted by Crippen LogP contribution is -2.01. The number of ether oxygens (including phenoxy) is 1. The van der Waals surface area contributed by atoms with Gasteiger partial charge in [-0.2, -0.15) is 0 Å². The lowest BCUT2D eigenvalue weighted by molar-refractivity contribution is 0.306. The Balaban J connectivity index is 1.57. The van der Waals surface area contributed by atoms with E-state index in [0.29, 0.717) is 6.61 Å². The molecule has 3 aromatic rings. The van der Waals surface area contributed by atoms with Crippen molar-refractivity contribution < 1.29 is 4.74 Å². The highest BCUT2D eigenvalue weighted by molar-refractivity contribution is 6.31. The maximum Gasteiger partial charge on any atom is 0.119 e. The summed E-state index contributed by atoms with van der Waals surface area (Å²) in [5.41, 5.74) is 4.37. The van der Waals surface area contributed by atoms with Crippen molar-refractivity contribution in [2.45, 2.75) is 20.1 Å². The predicted molar refractivity (Wildman–Crippen MR) is 106 cm³/mol. The molecular weight excluding hydrogens is 353 g/mol. The molecule has 3 aromatic carbocycles. The summed E-state index contributed by atoms with van der Waals surface area (Å²) < 4.78 is 5.80. The second-order valence-corrected chi connectivity index (χ2v) is 6.68. The van der Waals surface area contributed by atoms with Crippen LogP contribution in [0.3, 0.4) is 0 Å². The lowest BCUT2D eigenvalue weighted by Gasteiger charge is -2.11. The fourth-order valence-corrected chi connectivity index (χ4v) is 2.82. The average molecular weight is 372 g/mol. The van der Waals surface area contributed by atoms with Gasteiger partial charge in [-0.05, 0) is 48.4 Å². The number of halogens is 2. The summed E-state index contributed by atoms with van der Waals surface area (Å²) in [5, 5.41) is 4.87. The molecule has 0 spiro atoms. The maximum atomic E-state index is 6.14. The molecule has 0 unspecified atom stereocenters. The Morgan fingerprint density at radius 2 is 1.68 bits per heavy atom. The molecule has 0 radical (unpaired) electrons. The Labute approximate surface area is 158 Å². The van der Waals surface area contributed by atoms with Crippen molar-refractivity contribution in [3.63, 3.8) is 0 Å². The molecular formula is C21H19Cl2NO. The van der Waals surface area contributed by atoms with Gasteiger partial charge >= 0.3 is 0 Å². The van der Waals surface area contributed by atoms with Crippen molar-refractivity contribution in [3.8, 4) is 5.75 Å². The number of anilines is 1. The van der Waals surface area contributed by atoms with Crippen molar-refractivity contribution in [3.05, 3.63) is 93.5 Å². The van der Waals surface area contributed by atoms with Gasteiger partial charge in [-0.15, -0.1) is 0 Å². The molecule has 0 aliphatic carbocycles. The van der Waals surface area contributed by atoms with Gasteiger partial charge in [-0.25, -0.2) is 0 Å². The summed E-state index contributed by atoms with van der Waals surface area (Å²) in [4.78, 5) is 0. The lowest BCUT2D eigenvalue weighted by atomic mass is 10.1. The van der Waals surface area contributed by atoms with Crippen LogP contribution in [0.25, 0.3) is 0 Å². The van der Waals surface area contributed by atoms with E-state index in [4.69, 9.17) is 27.9 Å². The first-order valence-corrected chi connectivity index (χ1v) is 8.82. The van der Waals surface area contributed by atoms with E-state index in [2.05, 4.69) is 24.4 Å². The predicted octanol–water partition coefficient (Wildman–Crippen LogP) is 6.49. The zero-order chi connectivity index (χ0) is 17.6. The minimum Gasteiger partial charge on any atom is -0.489 e. The monoisotopic (exact) mass is 371 g/mol. The van der Waals surface area contributed by atoms with Crippen molar-refractivity contribution in [1.82, 2.24) is 0 Å². The summed E-state index contributed by atoms with van der Waals surface area (Å²) in [6.45, 7) is 3.25. The molecule has 25 heavy (non-hydrogen) atoms. The Kier molecular flexibility index (Phi) is 5.85. The molecule has 0 aliphatic rings. The molecule has 0 amide bonds. The molecule has 4 heteroatoms. The SMILES string of the molecule is Cc1ccc(Cl)cc1NCc1ccc(OCc2ccccc2Cl)cc1. The fraction of sp³-hybridized carbons (Fsp3) is 0.143. The third kappa shape index (κ3) is 4.91. The Morgan fingerprint density at radius 1 is 0.920 bits per heavy atom. The molecule has 0 atom stereocenters. The molecule has 0 saturated heterocycles. The van der Waals surface area contributed by atoms with Gasteiger partial charge in [-0.3, -0.25) is 0 Å². The van der Waals surface area contributed by atoms with Crippen LogP contribution in [0.5, 0.6) is 5.75 Å². The third-order valence-corrected chi connectivity index (χ3v) is 4.56. The molecule has 0 aliphatic heterocycles. The van der Waals surface area contributed by atoms with Crippen LogP contribution < -0.4 is 10.1 Å². The van der Waals surface area contributed by atoms with E-state index in [0.717, 1.165) is 33.6 Å². The normalized spacial score (nSPS) is 10.5. The van der Waals surface area contributed by atoms with E-state index >= 15 is 0 Å². The smallest absolute Gasteiger partial charge is 0.119 e. The van der Waals surface area contributed by atoms with E-state index in [1.165, 1.54) is 11.1 Å². The van der Waals surface area contributed by atoms with Crippen molar-refractivity contribution in [2.75, 3.05) is 5.32 Å². The van der Waals surface area contributed by atoms with Crippen LogP contribution in [-0.2, 0) is 13.2 Å². The van der Waals surface area contributed by atoms with E-state index in [1.54, 1.807) is 0 Å². The molecule has 128 valence electrons. The highest BCUT2D eigenvalue weighted by Gasteiger charge is 2.02. The van der Waals surface area contributed by atoms with E-state index in [1.807, 2.05) is 54.6 Å². The van der Waals surface area contributed by atoms with Crippen molar-refractivity contribution >= 4 is 28.9 Å². The fourth-order valence-electron chi connectivity index (χ4n) is 2.46. The summed E-state index contributed by atoms with van der Waals surface area (Å²) >= 11 is 12.2. The molecule has 0 fully saturated rings. The number of hydrogen-bond donors (Lipinski definition) is 1. The van der Waals surface area contributed by atoms with Crippen LogP contribution in [0.15, 0.2) is 66.7 Å². The Bertz CT molecular complexity index is 847. The number of benzene rings is 3. The Hall–Kier alpha value is -2.16. The van der Waals surface area contributed by atoms with Gasteiger partial charge < -0.3 is 10.1 Å². The van der Waals surface area contributed by atoms with E-state index in [-0.39, 0.29) is 0 Å².